The molecule has 0 bridgehead atoms. The first kappa shape index (κ1) is 16.8. The molecule has 1 aliphatic carbocycles. The number of nitrogens with zero attached hydrogens (tertiary/aromatic N) is 1. The molecule has 2 N–H and O–H groups in total. The summed E-state index contributed by atoms with van der Waals surface area (Å²) in [6.45, 7) is 0.0847. The molecule has 0 heterocycles. The fourth-order valence-electron chi connectivity index (χ4n) is 2.54. The van der Waals surface area contributed by atoms with Crippen molar-refractivity contribution in [3.63, 3.8) is 0 Å². The number of carbonyl (C=O) groups is 1. The summed E-state index contributed by atoms with van der Waals surface area (Å²) in [5, 5.41) is 5.42. The van der Waals surface area contributed by atoms with Crippen LogP contribution in [0.5, 0.6) is 0 Å². The average Bonchev–Trinajstić information content (AvgIpc) is 2.47. The Morgan fingerprint density at radius 3 is 2.68 bits per heavy atom. The van der Waals surface area contributed by atoms with Crippen LogP contribution in [0.3, 0.4) is 0 Å². The zero-order valence-electron chi connectivity index (χ0n) is 13.1. The molecule has 2 rings (SSSR count). The van der Waals surface area contributed by atoms with Crippen LogP contribution in [0.1, 0.15) is 24.0 Å². The van der Waals surface area contributed by atoms with Gasteiger partial charge in [-0.3, -0.25) is 0 Å². The maximum atomic E-state index is 11.9. The number of carbonyl (C=O) groups excluding carboxylic acids is 1. The number of benzene rings is 1. The lowest BCUT2D eigenvalue weighted by molar-refractivity contribution is 0.252. The summed E-state index contributed by atoms with van der Waals surface area (Å²) in [5.41, 5.74) is 3.31. The van der Waals surface area contributed by atoms with Crippen molar-refractivity contribution in [2.45, 2.75) is 25.7 Å². The summed E-state index contributed by atoms with van der Waals surface area (Å²) >= 11 is 0. The van der Waals surface area contributed by atoms with Crippen LogP contribution in [-0.4, -0.2) is 45.1 Å². The fraction of sp³-hybridized carbons (Fsp3) is 0.533. The minimum Gasteiger partial charge on any atom is -0.337 e. The van der Waals surface area contributed by atoms with E-state index in [1.807, 2.05) is 12.1 Å². The molecule has 122 valence electrons. The summed E-state index contributed by atoms with van der Waals surface area (Å²) in [6, 6.07) is 5.56. The number of hydrogen-bond donors (Lipinski definition) is 2. The third kappa shape index (κ3) is 4.20. The SMILES string of the molecule is CN(C)S(=O)(=O)CCNC(=O)Nc1cccc2c1CCCC2. The van der Waals surface area contributed by atoms with Gasteiger partial charge in [0.1, 0.15) is 0 Å². The molecule has 7 heteroatoms. The number of amides is 2. The summed E-state index contributed by atoms with van der Waals surface area (Å²) in [4.78, 5) is 11.9. The zero-order valence-corrected chi connectivity index (χ0v) is 13.9. The number of sulfonamides is 1. The molecule has 6 nitrogen and oxygen atoms in total. The van der Waals surface area contributed by atoms with Crippen molar-refractivity contribution in [1.82, 2.24) is 9.62 Å². The third-order valence-corrected chi connectivity index (χ3v) is 5.68. The molecule has 0 aromatic heterocycles. The van der Waals surface area contributed by atoms with Gasteiger partial charge < -0.3 is 10.6 Å². The van der Waals surface area contributed by atoms with Gasteiger partial charge >= 0.3 is 6.03 Å². The van der Waals surface area contributed by atoms with Gasteiger partial charge in [0.05, 0.1) is 5.75 Å². The third-order valence-electron chi connectivity index (χ3n) is 3.85. The molecular formula is C15H23N3O3S. The number of anilines is 1. The van der Waals surface area contributed by atoms with Crippen LogP contribution in [0.4, 0.5) is 10.5 Å². The van der Waals surface area contributed by atoms with E-state index in [4.69, 9.17) is 0 Å². The van der Waals surface area contributed by atoms with Crippen molar-refractivity contribution >= 4 is 21.7 Å². The van der Waals surface area contributed by atoms with Gasteiger partial charge in [-0.2, -0.15) is 0 Å². The highest BCUT2D eigenvalue weighted by Gasteiger charge is 2.16. The van der Waals surface area contributed by atoms with Gasteiger partial charge in [0, 0.05) is 26.3 Å². The van der Waals surface area contributed by atoms with Gasteiger partial charge in [-0.1, -0.05) is 12.1 Å². The van der Waals surface area contributed by atoms with E-state index in [-0.39, 0.29) is 18.3 Å². The summed E-state index contributed by atoms with van der Waals surface area (Å²) < 4.78 is 24.4. The average molecular weight is 325 g/mol. The highest BCUT2D eigenvalue weighted by molar-refractivity contribution is 7.89. The molecule has 0 fully saturated rings. The Hall–Kier alpha value is -1.60. The Morgan fingerprint density at radius 1 is 1.23 bits per heavy atom. The van der Waals surface area contributed by atoms with Gasteiger partial charge in [0.25, 0.3) is 0 Å². The molecule has 2 amide bonds. The van der Waals surface area contributed by atoms with Crippen LogP contribution >= 0.6 is 0 Å². The van der Waals surface area contributed by atoms with Crippen molar-refractivity contribution in [3.05, 3.63) is 29.3 Å². The van der Waals surface area contributed by atoms with Crippen LogP contribution < -0.4 is 10.6 Å². The van der Waals surface area contributed by atoms with E-state index >= 15 is 0 Å². The first-order chi connectivity index (χ1) is 10.4. The van der Waals surface area contributed by atoms with E-state index in [1.165, 1.54) is 31.6 Å². The van der Waals surface area contributed by atoms with Crippen molar-refractivity contribution in [2.24, 2.45) is 0 Å². The second-order valence-electron chi connectivity index (χ2n) is 5.63. The molecule has 22 heavy (non-hydrogen) atoms. The van der Waals surface area contributed by atoms with Crippen molar-refractivity contribution < 1.29 is 13.2 Å². The van der Waals surface area contributed by atoms with Gasteiger partial charge in [-0.25, -0.2) is 17.5 Å². The molecule has 0 aliphatic heterocycles. The van der Waals surface area contributed by atoms with Crippen LogP contribution in [-0.2, 0) is 22.9 Å². The quantitative estimate of drug-likeness (QED) is 0.863. The molecule has 1 aromatic carbocycles. The van der Waals surface area contributed by atoms with E-state index in [2.05, 4.69) is 16.7 Å². The second-order valence-corrected chi connectivity index (χ2v) is 7.93. The van der Waals surface area contributed by atoms with Crippen molar-refractivity contribution in [1.29, 1.82) is 0 Å². The normalized spacial score (nSPS) is 14.5. The lowest BCUT2D eigenvalue weighted by Crippen LogP contribution is -2.36. The minimum atomic E-state index is -3.29. The van der Waals surface area contributed by atoms with Crippen LogP contribution in [0.15, 0.2) is 18.2 Å². The van der Waals surface area contributed by atoms with Crippen LogP contribution in [0, 0.1) is 0 Å². The number of rotatable bonds is 5. The number of urea groups is 1. The van der Waals surface area contributed by atoms with Crippen LogP contribution in [0.25, 0.3) is 0 Å². The fourth-order valence-corrected chi connectivity index (χ4v) is 3.27. The molecule has 1 aromatic rings. The maximum Gasteiger partial charge on any atom is 0.319 e. The maximum absolute atomic E-state index is 11.9. The Labute approximate surface area is 131 Å². The Kier molecular flexibility index (Phi) is 5.42. The Bertz CT molecular complexity index is 641. The molecule has 0 unspecified atom stereocenters. The summed E-state index contributed by atoms with van der Waals surface area (Å²) in [6.07, 6.45) is 4.34. The van der Waals surface area contributed by atoms with Crippen LogP contribution in [0.2, 0.25) is 0 Å². The lowest BCUT2D eigenvalue weighted by Gasteiger charge is -2.19. The van der Waals surface area contributed by atoms with Crippen molar-refractivity contribution in [2.75, 3.05) is 31.7 Å². The van der Waals surface area contributed by atoms with E-state index < -0.39 is 10.0 Å². The van der Waals surface area contributed by atoms with Gasteiger partial charge in [-0.15, -0.1) is 0 Å². The Balaban J connectivity index is 1.91. The zero-order chi connectivity index (χ0) is 16.2. The van der Waals surface area contributed by atoms with Gasteiger partial charge in [0.15, 0.2) is 0 Å². The monoisotopic (exact) mass is 325 g/mol. The predicted octanol–water partition coefficient (Wildman–Crippen LogP) is 1.58. The highest BCUT2D eigenvalue weighted by Crippen LogP contribution is 2.27. The smallest absolute Gasteiger partial charge is 0.319 e. The summed E-state index contributed by atoms with van der Waals surface area (Å²) in [7, 11) is -0.335. The first-order valence-electron chi connectivity index (χ1n) is 7.46. The number of nitrogens with one attached hydrogen (secondary N) is 2. The van der Waals surface area contributed by atoms with E-state index in [0.29, 0.717) is 0 Å². The van der Waals surface area contributed by atoms with Gasteiger partial charge in [-0.05, 0) is 42.9 Å². The molecule has 0 radical (unpaired) electrons. The minimum absolute atomic E-state index is 0.0847. The lowest BCUT2D eigenvalue weighted by atomic mass is 9.90. The van der Waals surface area contributed by atoms with Crippen molar-refractivity contribution in [3.8, 4) is 0 Å². The van der Waals surface area contributed by atoms with E-state index in [0.717, 1.165) is 29.3 Å². The van der Waals surface area contributed by atoms with E-state index in [1.54, 1.807) is 0 Å². The highest BCUT2D eigenvalue weighted by atomic mass is 32.2. The largest absolute Gasteiger partial charge is 0.337 e. The second kappa shape index (κ2) is 7.11. The predicted molar refractivity (Wildman–Crippen MR) is 87.6 cm³/mol. The van der Waals surface area contributed by atoms with E-state index in [9.17, 15) is 13.2 Å². The molecule has 0 spiro atoms. The summed E-state index contributed by atoms with van der Waals surface area (Å²) in [5.74, 6) is -0.111. The molecule has 0 saturated carbocycles. The number of fused-ring (bicyclic) bond motifs is 1. The Morgan fingerprint density at radius 2 is 1.95 bits per heavy atom. The molecular weight excluding hydrogens is 302 g/mol. The topological polar surface area (TPSA) is 78.5 Å². The molecule has 0 atom stereocenters. The first-order valence-corrected chi connectivity index (χ1v) is 9.07. The molecule has 1 aliphatic rings. The molecule has 0 saturated heterocycles. The number of hydrogen-bond acceptors (Lipinski definition) is 3. The van der Waals surface area contributed by atoms with Gasteiger partial charge in [0.2, 0.25) is 10.0 Å². The standard InChI is InChI=1S/C15H23N3O3S/c1-18(2)22(20,21)11-10-16-15(19)17-14-9-5-7-12-6-3-4-8-13(12)14/h5,7,9H,3-4,6,8,10-11H2,1-2H3,(H2,16,17,19). The number of aryl methyl sites for hydroxylation is 1.